The highest BCUT2D eigenvalue weighted by Gasteiger charge is 2.31. The van der Waals surface area contributed by atoms with Crippen LogP contribution in [0.1, 0.15) is 6.42 Å². The number of rotatable bonds is 3. The minimum atomic E-state index is -0.341. The summed E-state index contributed by atoms with van der Waals surface area (Å²) in [5.41, 5.74) is 1.71. The number of carbonyl (C=O) groups excluding carboxylic acids is 2. The van der Waals surface area contributed by atoms with Crippen molar-refractivity contribution in [3.63, 3.8) is 0 Å². The van der Waals surface area contributed by atoms with Crippen molar-refractivity contribution in [1.82, 2.24) is 10.3 Å². The smallest absolute Gasteiger partial charge is 0.321 e. The van der Waals surface area contributed by atoms with Crippen LogP contribution in [-0.2, 0) is 4.79 Å². The number of hydrogen-bond donors (Lipinski definition) is 2. The molecule has 25 heavy (non-hydrogen) atoms. The quantitative estimate of drug-likeness (QED) is 0.760. The van der Waals surface area contributed by atoms with Gasteiger partial charge in [-0.2, -0.15) is 0 Å². The Morgan fingerprint density at radius 1 is 1.12 bits per heavy atom. The molecule has 1 saturated heterocycles. The summed E-state index contributed by atoms with van der Waals surface area (Å²) in [6, 6.07) is 16.6. The number of nitrogens with one attached hydrogen (secondary N) is 2. The van der Waals surface area contributed by atoms with E-state index in [9.17, 15) is 9.59 Å². The van der Waals surface area contributed by atoms with Crippen molar-refractivity contribution >= 4 is 44.3 Å². The van der Waals surface area contributed by atoms with Crippen LogP contribution in [0, 0.1) is 0 Å². The predicted molar refractivity (Wildman–Crippen MR) is 99.0 cm³/mol. The zero-order chi connectivity index (χ0) is 17.2. The monoisotopic (exact) mass is 352 g/mol. The molecule has 2 N–H and O–H groups in total. The van der Waals surface area contributed by atoms with Gasteiger partial charge in [0.05, 0.1) is 16.3 Å². The normalized spacial score (nSPS) is 17.0. The van der Waals surface area contributed by atoms with Crippen LogP contribution in [0.2, 0.25) is 0 Å². The second kappa shape index (κ2) is 6.52. The predicted octanol–water partition coefficient (Wildman–Crippen LogP) is 3.22. The molecular formula is C18H16N4O2S. The number of thiazole rings is 1. The first-order valence-electron chi connectivity index (χ1n) is 7.97. The highest BCUT2D eigenvalue weighted by atomic mass is 32.1. The van der Waals surface area contributed by atoms with Gasteiger partial charge in [0.25, 0.3) is 0 Å². The summed E-state index contributed by atoms with van der Waals surface area (Å²) in [4.78, 5) is 30.5. The second-order valence-electron chi connectivity index (χ2n) is 5.83. The van der Waals surface area contributed by atoms with Crippen molar-refractivity contribution in [3.8, 4) is 0 Å². The van der Waals surface area contributed by atoms with Crippen molar-refractivity contribution < 1.29 is 9.59 Å². The van der Waals surface area contributed by atoms with Crippen molar-refractivity contribution in [2.45, 2.75) is 12.5 Å². The highest BCUT2D eigenvalue weighted by molar-refractivity contribution is 7.22. The number of urea groups is 1. The Kier molecular flexibility index (Phi) is 4.07. The van der Waals surface area contributed by atoms with E-state index in [1.165, 1.54) is 11.3 Å². The second-order valence-corrected chi connectivity index (χ2v) is 6.86. The molecule has 6 nitrogen and oxygen atoms in total. The Morgan fingerprint density at radius 2 is 1.88 bits per heavy atom. The summed E-state index contributed by atoms with van der Waals surface area (Å²) in [5, 5.41) is 6.16. The topological polar surface area (TPSA) is 74.3 Å². The number of amides is 3. The highest BCUT2D eigenvalue weighted by Crippen LogP contribution is 2.25. The van der Waals surface area contributed by atoms with E-state index < -0.39 is 0 Å². The lowest BCUT2D eigenvalue weighted by molar-refractivity contribution is -0.117. The van der Waals surface area contributed by atoms with Gasteiger partial charge in [0.2, 0.25) is 5.91 Å². The first-order valence-corrected chi connectivity index (χ1v) is 8.79. The number of para-hydroxylation sites is 2. The molecule has 7 heteroatoms. The van der Waals surface area contributed by atoms with Crippen LogP contribution in [0.3, 0.4) is 0 Å². The molecule has 4 rings (SSSR count). The van der Waals surface area contributed by atoms with E-state index in [-0.39, 0.29) is 18.0 Å². The molecule has 0 aliphatic carbocycles. The Hall–Kier alpha value is -2.93. The maximum Gasteiger partial charge on any atom is 0.321 e. The number of carbonyl (C=O) groups is 2. The maximum atomic E-state index is 12.2. The molecule has 1 aliphatic rings. The van der Waals surface area contributed by atoms with Crippen molar-refractivity contribution in [1.29, 1.82) is 0 Å². The standard InChI is InChI=1S/C18H16N4O2S/c23-16-10-12(11-22(16)13-6-2-1-3-7-13)19-17(24)21-18-20-14-8-4-5-9-15(14)25-18/h1-9,12H,10-11H2,(H2,19,20,21,24). The Labute approximate surface area is 148 Å². The average Bonchev–Trinajstić information content (AvgIpc) is 3.18. The molecule has 3 amide bonds. The third-order valence-corrected chi connectivity index (χ3v) is 4.99. The number of aromatic nitrogens is 1. The lowest BCUT2D eigenvalue weighted by Gasteiger charge is -2.17. The van der Waals surface area contributed by atoms with E-state index in [0.29, 0.717) is 18.1 Å². The molecule has 0 radical (unpaired) electrons. The molecule has 2 heterocycles. The summed E-state index contributed by atoms with van der Waals surface area (Å²) >= 11 is 1.42. The summed E-state index contributed by atoms with van der Waals surface area (Å²) in [6.45, 7) is 0.468. The molecule has 0 spiro atoms. The fourth-order valence-corrected chi connectivity index (χ4v) is 3.77. The molecular weight excluding hydrogens is 336 g/mol. The molecule has 0 saturated carbocycles. The maximum absolute atomic E-state index is 12.2. The molecule has 3 aromatic rings. The van der Waals surface area contributed by atoms with Crippen molar-refractivity contribution in [3.05, 3.63) is 54.6 Å². The Morgan fingerprint density at radius 3 is 2.68 bits per heavy atom. The van der Waals surface area contributed by atoms with E-state index in [0.717, 1.165) is 15.9 Å². The average molecular weight is 352 g/mol. The minimum Gasteiger partial charge on any atom is -0.333 e. The summed E-state index contributed by atoms with van der Waals surface area (Å²) in [5.74, 6) is 0.0106. The van der Waals surface area contributed by atoms with Gasteiger partial charge in [-0.15, -0.1) is 0 Å². The molecule has 2 aromatic carbocycles. The summed E-state index contributed by atoms with van der Waals surface area (Å²) < 4.78 is 1.02. The van der Waals surface area contributed by atoms with Gasteiger partial charge in [0.15, 0.2) is 5.13 Å². The fraction of sp³-hybridized carbons (Fsp3) is 0.167. The SMILES string of the molecule is O=C(Nc1nc2ccccc2s1)NC1CC(=O)N(c2ccccc2)C1. The van der Waals surface area contributed by atoms with Crippen LogP contribution in [0.5, 0.6) is 0 Å². The number of fused-ring (bicyclic) bond motifs is 1. The Balaban J connectivity index is 1.39. The summed E-state index contributed by atoms with van der Waals surface area (Å²) in [6.07, 6.45) is 0.294. The van der Waals surface area contributed by atoms with Crippen LogP contribution in [0.4, 0.5) is 15.6 Å². The van der Waals surface area contributed by atoms with Crippen LogP contribution in [0.25, 0.3) is 10.2 Å². The van der Waals surface area contributed by atoms with E-state index in [1.807, 2.05) is 54.6 Å². The third kappa shape index (κ3) is 3.32. The molecule has 1 aromatic heterocycles. The van der Waals surface area contributed by atoms with Gasteiger partial charge < -0.3 is 10.2 Å². The zero-order valence-electron chi connectivity index (χ0n) is 13.3. The van der Waals surface area contributed by atoms with Crippen molar-refractivity contribution in [2.24, 2.45) is 0 Å². The first kappa shape index (κ1) is 15.6. The first-order chi connectivity index (χ1) is 12.2. The largest absolute Gasteiger partial charge is 0.333 e. The fourth-order valence-electron chi connectivity index (χ4n) is 2.91. The molecule has 1 unspecified atom stereocenters. The van der Waals surface area contributed by atoms with Gasteiger partial charge in [0, 0.05) is 18.7 Å². The van der Waals surface area contributed by atoms with Crippen LogP contribution in [-0.4, -0.2) is 29.5 Å². The Bertz CT molecular complexity index is 892. The van der Waals surface area contributed by atoms with Gasteiger partial charge in [-0.3, -0.25) is 10.1 Å². The van der Waals surface area contributed by atoms with Gasteiger partial charge >= 0.3 is 6.03 Å². The van der Waals surface area contributed by atoms with E-state index in [1.54, 1.807) is 4.90 Å². The van der Waals surface area contributed by atoms with Gasteiger partial charge in [0.1, 0.15) is 0 Å². The lowest BCUT2D eigenvalue weighted by atomic mass is 10.2. The van der Waals surface area contributed by atoms with Crippen molar-refractivity contribution in [2.75, 3.05) is 16.8 Å². The zero-order valence-corrected chi connectivity index (χ0v) is 14.1. The number of hydrogen-bond acceptors (Lipinski definition) is 4. The molecule has 1 aliphatic heterocycles. The number of anilines is 2. The lowest BCUT2D eigenvalue weighted by Crippen LogP contribution is -2.39. The van der Waals surface area contributed by atoms with E-state index >= 15 is 0 Å². The number of nitrogens with zero attached hydrogens (tertiary/aromatic N) is 2. The molecule has 1 fully saturated rings. The van der Waals surface area contributed by atoms with Gasteiger partial charge in [-0.25, -0.2) is 9.78 Å². The summed E-state index contributed by atoms with van der Waals surface area (Å²) in [7, 11) is 0. The molecule has 1 atom stereocenters. The van der Waals surface area contributed by atoms with E-state index in [4.69, 9.17) is 0 Å². The molecule has 126 valence electrons. The molecule has 0 bridgehead atoms. The van der Waals surface area contributed by atoms with Gasteiger partial charge in [-0.1, -0.05) is 41.7 Å². The van der Waals surface area contributed by atoms with Gasteiger partial charge in [-0.05, 0) is 24.3 Å². The van der Waals surface area contributed by atoms with Crippen LogP contribution in [0.15, 0.2) is 54.6 Å². The van der Waals surface area contributed by atoms with Crippen LogP contribution >= 0.6 is 11.3 Å². The third-order valence-electron chi connectivity index (χ3n) is 4.04. The van der Waals surface area contributed by atoms with E-state index in [2.05, 4.69) is 15.6 Å². The minimum absolute atomic E-state index is 0.0106. The van der Waals surface area contributed by atoms with Crippen LogP contribution < -0.4 is 15.5 Å². The number of benzene rings is 2.